The molecule has 1 N–H and O–H groups in total. The quantitative estimate of drug-likeness (QED) is 0.565. The summed E-state index contributed by atoms with van der Waals surface area (Å²) in [6.07, 6.45) is 3.56. The number of H-pyrrole nitrogens is 1. The van der Waals surface area contributed by atoms with Crippen molar-refractivity contribution in [2.75, 3.05) is 0 Å². The fourth-order valence-electron chi connectivity index (χ4n) is 2.43. The van der Waals surface area contributed by atoms with E-state index in [0.717, 1.165) is 33.2 Å². The molecule has 3 aromatic heterocycles. The van der Waals surface area contributed by atoms with Crippen LogP contribution in [-0.2, 0) is 0 Å². The van der Waals surface area contributed by atoms with Crippen LogP contribution in [0.15, 0.2) is 54.9 Å². The average Bonchev–Trinajstić information content (AvgIpc) is 2.85. The third kappa shape index (κ3) is 1.66. The van der Waals surface area contributed by atoms with E-state index in [0.29, 0.717) is 0 Å². The highest BCUT2D eigenvalue weighted by molar-refractivity contribution is 6.05. The predicted molar refractivity (Wildman–Crippen MR) is 76.8 cm³/mol. The first-order valence-corrected chi connectivity index (χ1v) is 6.30. The van der Waals surface area contributed by atoms with Gasteiger partial charge in [0.15, 0.2) is 0 Å². The molecule has 0 amide bonds. The smallest absolute Gasteiger partial charge is 0.139 e. The summed E-state index contributed by atoms with van der Waals surface area (Å²) in [5, 5.41) is 2.06. The lowest BCUT2D eigenvalue weighted by Crippen LogP contribution is -1.85. The first-order chi connectivity index (χ1) is 9.81. The van der Waals surface area contributed by atoms with Gasteiger partial charge in [0, 0.05) is 28.7 Å². The van der Waals surface area contributed by atoms with Crippen molar-refractivity contribution in [1.29, 1.82) is 0 Å². The van der Waals surface area contributed by atoms with Crippen molar-refractivity contribution in [3.63, 3.8) is 0 Å². The molecule has 0 radical (unpaired) electrons. The summed E-state index contributed by atoms with van der Waals surface area (Å²) < 4.78 is 13.3. The van der Waals surface area contributed by atoms with Crippen molar-refractivity contribution in [2.45, 2.75) is 0 Å². The zero-order chi connectivity index (χ0) is 13.5. The van der Waals surface area contributed by atoms with Gasteiger partial charge in [0.1, 0.15) is 11.5 Å². The van der Waals surface area contributed by atoms with Crippen LogP contribution in [0, 0.1) is 5.82 Å². The van der Waals surface area contributed by atoms with Gasteiger partial charge in [-0.3, -0.25) is 4.98 Å². The van der Waals surface area contributed by atoms with Crippen molar-refractivity contribution in [3.8, 4) is 11.3 Å². The molecule has 1 aromatic carbocycles. The molecule has 96 valence electrons. The van der Waals surface area contributed by atoms with Crippen LogP contribution in [0.4, 0.5) is 4.39 Å². The maximum absolute atomic E-state index is 13.3. The van der Waals surface area contributed by atoms with Gasteiger partial charge in [-0.25, -0.2) is 9.37 Å². The minimum Gasteiger partial charge on any atom is -0.339 e. The van der Waals surface area contributed by atoms with Gasteiger partial charge in [0.2, 0.25) is 0 Å². The lowest BCUT2D eigenvalue weighted by molar-refractivity contribution is 0.628. The first kappa shape index (κ1) is 11.1. The number of fused-ring (bicyclic) bond motifs is 3. The van der Waals surface area contributed by atoms with Crippen LogP contribution in [-0.4, -0.2) is 15.0 Å². The number of benzene rings is 1. The number of aromatic nitrogens is 3. The van der Waals surface area contributed by atoms with Crippen molar-refractivity contribution in [1.82, 2.24) is 15.0 Å². The molecule has 3 nitrogen and oxygen atoms in total. The monoisotopic (exact) mass is 263 g/mol. The SMILES string of the molecule is Fc1cccc(-c2ccc3c(n2)[nH]c2ccncc23)c1. The molecule has 3 heterocycles. The highest BCUT2D eigenvalue weighted by atomic mass is 19.1. The molecule has 20 heavy (non-hydrogen) atoms. The van der Waals surface area contributed by atoms with Gasteiger partial charge in [0.05, 0.1) is 11.2 Å². The van der Waals surface area contributed by atoms with E-state index in [1.807, 2.05) is 30.5 Å². The third-order valence-electron chi connectivity index (χ3n) is 3.38. The van der Waals surface area contributed by atoms with Crippen LogP contribution in [0.3, 0.4) is 0 Å². The summed E-state index contributed by atoms with van der Waals surface area (Å²) in [6, 6.07) is 12.3. The maximum Gasteiger partial charge on any atom is 0.139 e. The van der Waals surface area contributed by atoms with Crippen LogP contribution in [0.2, 0.25) is 0 Å². The molecule has 4 aromatic rings. The molecule has 0 unspecified atom stereocenters. The Labute approximate surface area is 114 Å². The first-order valence-electron chi connectivity index (χ1n) is 6.30. The van der Waals surface area contributed by atoms with E-state index in [1.54, 1.807) is 12.3 Å². The summed E-state index contributed by atoms with van der Waals surface area (Å²) in [4.78, 5) is 12.0. The Balaban J connectivity index is 1.97. The van der Waals surface area contributed by atoms with Crippen molar-refractivity contribution >= 4 is 21.9 Å². The normalized spacial score (nSPS) is 11.2. The van der Waals surface area contributed by atoms with Crippen LogP contribution in [0.25, 0.3) is 33.2 Å². The molecule has 0 fully saturated rings. The molecule has 0 bridgehead atoms. The molecule has 0 aliphatic rings. The number of aromatic amines is 1. The molecule has 0 saturated heterocycles. The van der Waals surface area contributed by atoms with E-state index in [9.17, 15) is 4.39 Å². The van der Waals surface area contributed by atoms with Crippen molar-refractivity contribution in [3.05, 3.63) is 60.7 Å². The van der Waals surface area contributed by atoms with Crippen LogP contribution in [0.1, 0.15) is 0 Å². The Morgan fingerprint density at radius 3 is 2.85 bits per heavy atom. The largest absolute Gasteiger partial charge is 0.339 e. The molecule has 4 rings (SSSR count). The molecule has 4 heteroatoms. The van der Waals surface area contributed by atoms with Gasteiger partial charge < -0.3 is 4.98 Å². The van der Waals surface area contributed by atoms with Crippen molar-refractivity contribution in [2.24, 2.45) is 0 Å². The number of rotatable bonds is 1. The lowest BCUT2D eigenvalue weighted by Gasteiger charge is -2.01. The van der Waals surface area contributed by atoms with Gasteiger partial charge in [0.25, 0.3) is 0 Å². The Morgan fingerprint density at radius 2 is 1.95 bits per heavy atom. The van der Waals surface area contributed by atoms with Crippen LogP contribution < -0.4 is 0 Å². The van der Waals surface area contributed by atoms with Gasteiger partial charge >= 0.3 is 0 Å². The number of pyridine rings is 2. The molecular weight excluding hydrogens is 253 g/mol. The van der Waals surface area contributed by atoms with Crippen molar-refractivity contribution < 1.29 is 4.39 Å². The van der Waals surface area contributed by atoms with E-state index in [-0.39, 0.29) is 5.82 Å². The second kappa shape index (κ2) is 4.13. The number of hydrogen-bond acceptors (Lipinski definition) is 2. The summed E-state index contributed by atoms with van der Waals surface area (Å²) in [6.45, 7) is 0. The van der Waals surface area contributed by atoms with E-state index in [2.05, 4.69) is 15.0 Å². The molecule has 0 atom stereocenters. The van der Waals surface area contributed by atoms with Crippen LogP contribution >= 0.6 is 0 Å². The van der Waals surface area contributed by atoms with Gasteiger partial charge in [-0.05, 0) is 30.3 Å². The highest BCUT2D eigenvalue weighted by Gasteiger charge is 2.07. The van der Waals surface area contributed by atoms with E-state index >= 15 is 0 Å². The second-order valence-corrected chi connectivity index (χ2v) is 4.65. The van der Waals surface area contributed by atoms with E-state index in [4.69, 9.17) is 0 Å². The summed E-state index contributed by atoms with van der Waals surface area (Å²) in [7, 11) is 0. The third-order valence-corrected chi connectivity index (χ3v) is 3.38. The van der Waals surface area contributed by atoms with Gasteiger partial charge in [-0.2, -0.15) is 0 Å². The number of halogens is 1. The molecule has 0 saturated carbocycles. The summed E-state index contributed by atoms with van der Waals surface area (Å²) in [5.74, 6) is -0.259. The van der Waals surface area contributed by atoms with Gasteiger partial charge in [-0.15, -0.1) is 0 Å². The minimum absolute atomic E-state index is 0.259. The molecule has 0 spiro atoms. The minimum atomic E-state index is -0.259. The maximum atomic E-state index is 13.3. The molecular formula is C16H10FN3. The Morgan fingerprint density at radius 1 is 1.00 bits per heavy atom. The average molecular weight is 263 g/mol. The van der Waals surface area contributed by atoms with E-state index in [1.165, 1.54) is 12.1 Å². The van der Waals surface area contributed by atoms with E-state index < -0.39 is 0 Å². The Bertz CT molecular complexity index is 927. The second-order valence-electron chi connectivity index (χ2n) is 4.65. The highest BCUT2D eigenvalue weighted by Crippen LogP contribution is 2.26. The van der Waals surface area contributed by atoms with Crippen LogP contribution in [0.5, 0.6) is 0 Å². The fourth-order valence-corrected chi connectivity index (χ4v) is 2.43. The fraction of sp³-hybridized carbons (Fsp3) is 0. The lowest BCUT2D eigenvalue weighted by atomic mass is 10.1. The number of nitrogens with one attached hydrogen (secondary N) is 1. The zero-order valence-corrected chi connectivity index (χ0v) is 10.5. The van der Waals surface area contributed by atoms with Gasteiger partial charge in [-0.1, -0.05) is 12.1 Å². The zero-order valence-electron chi connectivity index (χ0n) is 10.5. The molecule has 0 aliphatic carbocycles. The Kier molecular flexibility index (Phi) is 2.29. The number of nitrogens with zero attached hydrogens (tertiary/aromatic N) is 2. The topological polar surface area (TPSA) is 41.6 Å². The summed E-state index contributed by atoms with van der Waals surface area (Å²) >= 11 is 0. The Hall–Kier alpha value is -2.75. The standard InChI is InChI=1S/C16H10FN3/c17-11-3-1-2-10(8-11)14-5-4-12-13-9-18-7-6-15(13)20-16(12)19-14/h1-9H,(H,19,20). The molecule has 0 aliphatic heterocycles. The number of hydrogen-bond donors (Lipinski definition) is 1. The predicted octanol–water partition coefficient (Wildman–Crippen LogP) is 3.92. The summed E-state index contributed by atoms with van der Waals surface area (Å²) in [5.41, 5.74) is 3.30.